The summed E-state index contributed by atoms with van der Waals surface area (Å²) >= 11 is 1.45. The van der Waals surface area contributed by atoms with Crippen LogP contribution in [0.15, 0.2) is 63.7 Å². The summed E-state index contributed by atoms with van der Waals surface area (Å²) in [7, 11) is -2.35. The molecule has 1 aliphatic rings. The molecule has 10 heteroatoms. The first-order valence-electron chi connectivity index (χ1n) is 10.3. The number of amides is 1. The van der Waals surface area contributed by atoms with E-state index in [1.807, 2.05) is 23.6 Å². The van der Waals surface area contributed by atoms with Crippen molar-refractivity contribution < 1.29 is 17.9 Å². The number of aromatic amines is 1. The van der Waals surface area contributed by atoms with E-state index in [9.17, 15) is 18.0 Å². The van der Waals surface area contributed by atoms with Gasteiger partial charge >= 0.3 is 0 Å². The summed E-state index contributed by atoms with van der Waals surface area (Å²) in [5, 5.41) is 4.06. The van der Waals surface area contributed by atoms with Gasteiger partial charge in [-0.1, -0.05) is 12.1 Å². The number of hydrogen-bond acceptors (Lipinski definition) is 6. The van der Waals surface area contributed by atoms with E-state index in [0.717, 1.165) is 21.0 Å². The summed E-state index contributed by atoms with van der Waals surface area (Å²) < 4.78 is 34.7. The van der Waals surface area contributed by atoms with Gasteiger partial charge in [-0.3, -0.25) is 9.59 Å². The van der Waals surface area contributed by atoms with Crippen LogP contribution in [0.5, 0.6) is 5.75 Å². The largest absolute Gasteiger partial charge is 0.497 e. The Morgan fingerprint density at radius 1 is 1.15 bits per heavy atom. The average Bonchev–Trinajstić information content (AvgIpc) is 3.37. The number of thiophene rings is 1. The number of carbonyl (C=O) groups excluding carboxylic acids is 1. The number of benzene rings is 2. The van der Waals surface area contributed by atoms with Gasteiger partial charge in [0.25, 0.3) is 5.56 Å². The number of H-pyrrole nitrogens is 1. The molecular weight excluding hydrogens is 462 g/mol. The van der Waals surface area contributed by atoms with Crippen LogP contribution in [-0.4, -0.2) is 43.9 Å². The first-order valence-corrected chi connectivity index (χ1v) is 12.7. The van der Waals surface area contributed by atoms with Gasteiger partial charge in [-0.15, -0.1) is 11.3 Å². The number of nitrogens with one attached hydrogen (secondary N) is 2. The molecule has 1 atom stereocenters. The molecule has 1 fully saturated rings. The Balaban J connectivity index is 1.35. The fourth-order valence-electron chi connectivity index (χ4n) is 4.14. The molecule has 4 aromatic rings. The number of carbonyl (C=O) groups is 1. The summed E-state index contributed by atoms with van der Waals surface area (Å²) in [5.41, 5.74) is 0.567. The van der Waals surface area contributed by atoms with Crippen molar-refractivity contribution >= 4 is 48.1 Å². The first kappa shape index (κ1) is 21.6. The van der Waals surface area contributed by atoms with Crippen LogP contribution in [0, 0.1) is 0 Å². The predicted octanol–water partition coefficient (Wildman–Crippen LogP) is 2.83. The minimum Gasteiger partial charge on any atom is -0.497 e. The van der Waals surface area contributed by atoms with Crippen LogP contribution in [0.25, 0.3) is 20.9 Å². The van der Waals surface area contributed by atoms with E-state index in [0.29, 0.717) is 24.1 Å². The molecule has 33 heavy (non-hydrogen) atoms. The van der Waals surface area contributed by atoms with Crippen molar-refractivity contribution in [1.82, 2.24) is 14.6 Å². The quantitative estimate of drug-likeness (QED) is 0.438. The number of pyridine rings is 1. The smallest absolute Gasteiger partial charge is 0.257 e. The molecule has 0 unspecified atom stereocenters. The molecule has 1 saturated heterocycles. The molecule has 0 aliphatic carbocycles. The SMILES string of the molecule is COc1ccc2ccc(S(=O)(=O)N[C@@H]3CCN(Cc4csc5cc[nH]c(=O)c45)C3=O)cc2c1. The van der Waals surface area contributed by atoms with Crippen LogP contribution < -0.4 is 15.0 Å². The van der Waals surface area contributed by atoms with Crippen LogP contribution in [-0.2, 0) is 21.4 Å². The number of fused-ring (bicyclic) bond motifs is 2. The topological polar surface area (TPSA) is 109 Å². The lowest BCUT2D eigenvalue weighted by molar-refractivity contribution is -0.129. The Bertz CT molecular complexity index is 1540. The zero-order chi connectivity index (χ0) is 23.2. The number of likely N-dealkylation sites (tertiary alicyclic amines) is 1. The Morgan fingerprint density at radius 2 is 1.97 bits per heavy atom. The number of ether oxygens (including phenoxy) is 1. The second-order valence-corrected chi connectivity index (χ2v) is 10.5. The fourth-order valence-corrected chi connectivity index (χ4v) is 6.34. The van der Waals surface area contributed by atoms with Crippen LogP contribution in [0.4, 0.5) is 0 Å². The molecule has 3 heterocycles. The molecule has 5 rings (SSSR count). The van der Waals surface area contributed by atoms with E-state index in [1.54, 1.807) is 36.4 Å². The fraction of sp³-hybridized carbons (Fsp3) is 0.217. The Hall–Kier alpha value is -3.21. The van der Waals surface area contributed by atoms with E-state index in [2.05, 4.69) is 9.71 Å². The lowest BCUT2D eigenvalue weighted by atomic mass is 10.1. The standard InChI is InChI=1S/C23H21N3O5S2/c1-31-17-4-2-14-3-5-18(11-15(14)10-17)33(29,30)25-19-7-9-26(23(19)28)12-16-13-32-20-6-8-24-22(27)21(16)20/h2-6,8,10-11,13,19,25H,7,9,12H2,1H3,(H,24,27)/t19-/m1/s1. The third-order valence-corrected chi connectivity index (χ3v) is 8.32. The molecule has 0 radical (unpaired) electrons. The van der Waals surface area contributed by atoms with Crippen molar-refractivity contribution in [2.24, 2.45) is 0 Å². The van der Waals surface area contributed by atoms with Gasteiger partial charge in [-0.25, -0.2) is 8.42 Å². The summed E-state index contributed by atoms with van der Waals surface area (Å²) in [6.45, 7) is 0.670. The monoisotopic (exact) mass is 483 g/mol. The molecule has 0 saturated carbocycles. The number of hydrogen-bond donors (Lipinski definition) is 2. The second kappa shape index (κ2) is 8.29. The van der Waals surface area contributed by atoms with E-state index in [-0.39, 0.29) is 22.9 Å². The van der Waals surface area contributed by atoms with Gasteiger partial charge in [0.1, 0.15) is 11.8 Å². The number of methoxy groups -OCH3 is 1. The Labute approximate surface area is 193 Å². The van der Waals surface area contributed by atoms with Crippen molar-refractivity contribution in [2.75, 3.05) is 13.7 Å². The lowest BCUT2D eigenvalue weighted by Gasteiger charge is -2.17. The molecule has 0 spiro atoms. The summed E-state index contributed by atoms with van der Waals surface area (Å²) in [4.78, 5) is 29.5. The summed E-state index contributed by atoms with van der Waals surface area (Å²) in [6, 6.07) is 11.2. The van der Waals surface area contributed by atoms with Gasteiger partial charge in [-0.2, -0.15) is 4.72 Å². The van der Waals surface area contributed by atoms with Gasteiger partial charge in [-0.05, 0) is 58.5 Å². The van der Waals surface area contributed by atoms with Crippen molar-refractivity contribution in [3.8, 4) is 5.75 Å². The van der Waals surface area contributed by atoms with E-state index in [4.69, 9.17) is 4.74 Å². The highest BCUT2D eigenvalue weighted by Crippen LogP contribution is 2.27. The first-order chi connectivity index (χ1) is 15.9. The van der Waals surface area contributed by atoms with Crippen molar-refractivity contribution in [1.29, 1.82) is 0 Å². The maximum atomic E-state index is 13.0. The zero-order valence-corrected chi connectivity index (χ0v) is 19.3. The Kier molecular flexibility index (Phi) is 5.43. The minimum absolute atomic E-state index is 0.0878. The van der Waals surface area contributed by atoms with Gasteiger partial charge < -0.3 is 14.6 Å². The van der Waals surface area contributed by atoms with Crippen molar-refractivity contribution in [2.45, 2.75) is 23.9 Å². The van der Waals surface area contributed by atoms with Gasteiger partial charge in [0, 0.05) is 24.0 Å². The molecule has 2 N–H and O–H groups in total. The molecule has 1 amide bonds. The normalized spacial score (nSPS) is 16.7. The van der Waals surface area contributed by atoms with Gasteiger partial charge in [0.15, 0.2) is 0 Å². The number of aromatic nitrogens is 1. The average molecular weight is 484 g/mol. The van der Waals surface area contributed by atoms with E-state index in [1.165, 1.54) is 17.4 Å². The second-order valence-electron chi connectivity index (χ2n) is 7.90. The Morgan fingerprint density at radius 3 is 2.79 bits per heavy atom. The molecule has 170 valence electrons. The zero-order valence-electron chi connectivity index (χ0n) is 17.7. The minimum atomic E-state index is -3.91. The van der Waals surface area contributed by atoms with Crippen molar-refractivity contribution in [3.63, 3.8) is 0 Å². The van der Waals surface area contributed by atoms with Gasteiger partial charge in [0.2, 0.25) is 15.9 Å². The highest BCUT2D eigenvalue weighted by atomic mass is 32.2. The third-order valence-electron chi connectivity index (χ3n) is 5.86. The molecule has 8 nitrogen and oxygen atoms in total. The molecule has 2 aromatic heterocycles. The number of sulfonamides is 1. The lowest BCUT2D eigenvalue weighted by Crippen LogP contribution is -2.41. The highest BCUT2D eigenvalue weighted by Gasteiger charge is 2.35. The van der Waals surface area contributed by atoms with E-state index < -0.39 is 16.1 Å². The third kappa shape index (κ3) is 4.01. The van der Waals surface area contributed by atoms with Gasteiger partial charge in [0.05, 0.1) is 17.4 Å². The maximum absolute atomic E-state index is 13.0. The number of nitrogens with zero attached hydrogens (tertiary/aromatic N) is 1. The summed E-state index contributed by atoms with van der Waals surface area (Å²) in [5.74, 6) is 0.333. The predicted molar refractivity (Wildman–Crippen MR) is 127 cm³/mol. The van der Waals surface area contributed by atoms with Crippen molar-refractivity contribution in [3.05, 3.63) is 70.0 Å². The number of rotatable bonds is 6. The van der Waals surface area contributed by atoms with Crippen LogP contribution in [0.3, 0.4) is 0 Å². The van der Waals surface area contributed by atoms with Crippen LogP contribution in [0.2, 0.25) is 0 Å². The van der Waals surface area contributed by atoms with E-state index >= 15 is 0 Å². The van der Waals surface area contributed by atoms with Crippen LogP contribution >= 0.6 is 11.3 Å². The maximum Gasteiger partial charge on any atom is 0.257 e. The highest BCUT2D eigenvalue weighted by molar-refractivity contribution is 7.89. The molecule has 0 bridgehead atoms. The van der Waals surface area contributed by atoms with Crippen LogP contribution in [0.1, 0.15) is 12.0 Å². The molecule has 1 aliphatic heterocycles. The summed E-state index contributed by atoms with van der Waals surface area (Å²) in [6.07, 6.45) is 1.96. The molecule has 2 aromatic carbocycles. The molecular formula is C23H21N3O5S2.